The molecule has 0 bridgehead atoms. The number of ether oxygens (including phenoxy) is 1. The van der Waals surface area contributed by atoms with Crippen LogP contribution in [0.25, 0.3) is 0 Å². The van der Waals surface area contributed by atoms with Gasteiger partial charge in [0, 0.05) is 6.42 Å². The third kappa shape index (κ3) is 3.45. The fourth-order valence-electron chi connectivity index (χ4n) is 1.82. The molecule has 0 saturated carbocycles. The van der Waals surface area contributed by atoms with E-state index >= 15 is 0 Å². The van der Waals surface area contributed by atoms with Crippen molar-refractivity contribution in [3.8, 4) is 0 Å². The molecule has 1 aromatic carbocycles. The molecule has 19 heavy (non-hydrogen) atoms. The van der Waals surface area contributed by atoms with Gasteiger partial charge in [-0.25, -0.2) is 4.79 Å². The summed E-state index contributed by atoms with van der Waals surface area (Å²) in [6, 6.07) is 4.64. The Hall–Kier alpha value is -1.59. The highest BCUT2D eigenvalue weighted by Crippen LogP contribution is 2.24. The molecule has 0 radical (unpaired) electrons. The van der Waals surface area contributed by atoms with Gasteiger partial charge >= 0.3 is 5.97 Å². The molecule has 0 atom stereocenters. The number of hydrogen-bond acceptors (Lipinski definition) is 4. The van der Waals surface area contributed by atoms with Gasteiger partial charge in [0.15, 0.2) is 0 Å². The number of carbonyl (C=O) groups is 2. The van der Waals surface area contributed by atoms with Crippen molar-refractivity contribution in [2.45, 2.75) is 6.42 Å². The minimum Gasteiger partial charge on any atom is -0.465 e. The van der Waals surface area contributed by atoms with Crippen LogP contribution in [0.5, 0.6) is 0 Å². The number of halogens is 1. The molecule has 0 aliphatic carbocycles. The molecule has 2 rings (SSSR count). The second kappa shape index (κ2) is 6.04. The van der Waals surface area contributed by atoms with Crippen molar-refractivity contribution in [3.63, 3.8) is 0 Å². The van der Waals surface area contributed by atoms with Crippen LogP contribution in [0.1, 0.15) is 16.8 Å². The first-order valence-corrected chi connectivity index (χ1v) is 6.36. The van der Waals surface area contributed by atoms with E-state index in [1.54, 1.807) is 12.1 Å². The summed E-state index contributed by atoms with van der Waals surface area (Å²) in [6.45, 7) is 1.73. The van der Waals surface area contributed by atoms with Gasteiger partial charge in [0.1, 0.15) is 0 Å². The number of benzene rings is 1. The van der Waals surface area contributed by atoms with Crippen molar-refractivity contribution < 1.29 is 14.3 Å². The fourth-order valence-corrected chi connectivity index (χ4v) is 1.99. The third-order valence-electron chi connectivity index (χ3n) is 3.00. The zero-order valence-electron chi connectivity index (χ0n) is 10.5. The summed E-state index contributed by atoms with van der Waals surface area (Å²) >= 11 is 5.99. The highest BCUT2D eigenvalue weighted by molar-refractivity contribution is 6.33. The molecule has 6 heteroatoms. The molecule has 0 spiro atoms. The molecule has 1 saturated heterocycles. The summed E-state index contributed by atoms with van der Waals surface area (Å²) in [6.07, 6.45) is 0.450. The van der Waals surface area contributed by atoms with Crippen molar-refractivity contribution >= 4 is 29.2 Å². The molecule has 2 N–H and O–H groups in total. The van der Waals surface area contributed by atoms with Crippen molar-refractivity contribution in [1.29, 1.82) is 0 Å². The second-order valence-electron chi connectivity index (χ2n) is 4.46. The van der Waals surface area contributed by atoms with Crippen molar-refractivity contribution in [2.24, 2.45) is 5.92 Å². The Kier molecular flexibility index (Phi) is 4.39. The standard InChI is InChI=1S/C13H15ClN2O3/c1-19-13(18)9-2-3-10(14)11(5-9)16-12(17)4-8-6-15-7-8/h2-3,5,8,15H,4,6-7H2,1H3,(H,16,17). The monoisotopic (exact) mass is 282 g/mol. The molecule has 1 heterocycles. The largest absolute Gasteiger partial charge is 0.465 e. The lowest BCUT2D eigenvalue weighted by Crippen LogP contribution is -2.43. The van der Waals surface area contributed by atoms with Gasteiger partial charge in [-0.3, -0.25) is 4.79 Å². The maximum absolute atomic E-state index is 11.8. The Balaban J connectivity index is 2.05. The van der Waals surface area contributed by atoms with Crippen LogP contribution in [-0.2, 0) is 9.53 Å². The van der Waals surface area contributed by atoms with Crippen LogP contribution in [0.4, 0.5) is 5.69 Å². The lowest BCUT2D eigenvalue weighted by atomic mass is 9.99. The van der Waals surface area contributed by atoms with E-state index in [0.29, 0.717) is 28.6 Å². The van der Waals surface area contributed by atoms with Crippen LogP contribution in [0.3, 0.4) is 0 Å². The Labute approximate surface area is 116 Å². The Morgan fingerprint density at radius 2 is 2.21 bits per heavy atom. The summed E-state index contributed by atoms with van der Waals surface area (Å²) in [5, 5.41) is 6.22. The zero-order chi connectivity index (χ0) is 13.8. The predicted octanol–water partition coefficient (Wildman–Crippen LogP) is 1.67. The smallest absolute Gasteiger partial charge is 0.337 e. The number of rotatable bonds is 4. The van der Waals surface area contributed by atoms with Gasteiger partial charge in [0.05, 0.1) is 23.4 Å². The Bertz CT molecular complexity index is 501. The second-order valence-corrected chi connectivity index (χ2v) is 4.87. The Morgan fingerprint density at radius 1 is 1.47 bits per heavy atom. The first kappa shape index (κ1) is 13.8. The number of nitrogens with one attached hydrogen (secondary N) is 2. The molecule has 1 aliphatic heterocycles. The number of hydrogen-bond donors (Lipinski definition) is 2. The average molecular weight is 283 g/mol. The minimum atomic E-state index is -0.463. The van der Waals surface area contributed by atoms with Crippen molar-refractivity contribution in [3.05, 3.63) is 28.8 Å². The van der Waals surface area contributed by atoms with Crippen molar-refractivity contribution in [2.75, 3.05) is 25.5 Å². The summed E-state index contributed by atoms with van der Waals surface area (Å²) in [7, 11) is 1.30. The highest BCUT2D eigenvalue weighted by atomic mass is 35.5. The zero-order valence-corrected chi connectivity index (χ0v) is 11.3. The third-order valence-corrected chi connectivity index (χ3v) is 3.33. The molecular weight excluding hydrogens is 268 g/mol. The SMILES string of the molecule is COC(=O)c1ccc(Cl)c(NC(=O)CC2CNC2)c1. The van der Waals surface area contributed by atoms with Crippen LogP contribution in [0.15, 0.2) is 18.2 Å². The van der Waals surface area contributed by atoms with Crippen LogP contribution < -0.4 is 10.6 Å². The maximum atomic E-state index is 11.8. The van der Waals surface area contributed by atoms with E-state index in [4.69, 9.17) is 11.6 Å². The predicted molar refractivity (Wildman–Crippen MR) is 72.4 cm³/mol. The van der Waals surface area contributed by atoms with E-state index in [2.05, 4.69) is 15.4 Å². The summed E-state index contributed by atoms with van der Waals surface area (Å²) < 4.78 is 4.62. The van der Waals surface area contributed by atoms with Crippen molar-refractivity contribution in [1.82, 2.24) is 5.32 Å². The van der Waals surface area contributed by atoms with Crippen LogP contribution in [-0.4, -0.2) is 32.1 Å². The molecular formula is C13H15ClN2O3. The molecule has 102 valence electrons. The fraction of sp³-hybridized carbons (Fsp3) is 0.385. The van der Waals surface area contributed by atoms with Gasteiger partial charge in [-0.2, -0.15) is 0 Å². The van der Waals surface area contributed by atoms with E-state index < -0.39 is 5.97 Å². The van der Waals surface area contributed by atoms with Gasteiger partial charge in [-0.1, -0.05) is 11.6 Å². The summed E-state index contributed by atoms with van der Waals surface area (Å²) in [5.74, 6) is -0.187. The first-order valence-electron chi connectivity index (χ1n) is 5.98. The highest BCUT2D eigenvalue weighted by Gasteiger charge is 2.20. The van der Waals surface area contributed by atoms with E-state index in [1.807, 2.05) is 0 Å². The van der Waals surface area contributed by atoms with E-state index in [0.717, 1.165) is 13.1 Å². The first-order chi connectivity index (χ1) is 9.10. The number of carbonyl (C=O) groups excluding carboxylic acids is 2. The van der Waals surface area contributed by atoms with Crippen LogP contribution >= 0.6 is 11.6 Å². The van der Waals surface area contributed by atoms with Gasteiger partial charge in [-0.05, 0) is 37.2 Å². The number of anilines is 1. The maximum Gasteiger partial charge on any atom is 0.337 e. The Morgan fingerprint density at radius 3 is 2.79 bits per heavy atom. The molecule has 1 amide bonds. The number of esters is 1. The molecule has 0 aromatic heterocycles. The lowest BCUT2D eigenvalue weighted by Gasteiger charge is -2.26. The normalized spacial score (nSPS) is 14.6. The molecule has 1 aromatic rings. The van der Waals surface area contributed by atoms with Crippen LogP contribution in [0.2, 0.25) is 5.02 Å². The summed E-state index contributed by atoms with van der Waals surface area (Å²) in [5.41, 5.74) is 0.786. The van der Waals surface area contributed by atoms with Gasteiger partial charge in [0.2, 0.25) is 5.91 Å². The molecule has 1 aliphatic rings. The van der Waals surface area contributed by atoms with E-state index in [-0.39, 0.29) is 5.91 Å². The average Bonchev–Trinajstić information content (AvgIpc) is 2.35. The topological polar surface area (TPSA) is 67.4 Å². The molecule has 5 nitrogen and oxygen atoms in total. The quantitative estimate of drug-likeness (QED) is 0.825. The van der Waals surface area contributed by atoms with E-state index in [1.165, 1.54) is 13.2 Å². The van der Waals surface area contributed by atoms with Crippen LogP contribution in [0, 0.1) is 5.92 Å². The van der Waals surface area contributed by atoms with Gasteiger partial charge < -0.3 is 15.4 Å². The minimum absolute atomic E-state index is 0.101. The molecule has 0 unspecified atom stereocenters. The number of amides is 1. The molecule has 1 fully saturated rings. The van der Waals surface area contributed by atoms with Gasteiger partial charge in [0.25, 0.3) is 0 Å². The summed E-state index contributed by atoms with van der Waals surface area (Å²) in [4.78, 5) is 23.2. The van der Waals surface area contributed by atoms with E-state index in [9.17, 15) is 9.59 Å². The van der Waals surface area contributed by atoms with Gasteiger partial charge in [-0.15, -0.1) is 0 Å². The number of methoxy groups -OCH3 is 1. The lowest BCUT2D eigenvalue weighted by molar-refractivity contribution is -0.117.